The average molecular weight is 341 g/mol. The quantitative estimate of drug-likeness (QED) is 0.882. The number of nitrogens with one attached hydrogen (secondary N) is 1. The van der Waals surface area contributed by atoms with Crippen LogP contribution in [-0.4, -0.2) is 16.9 Å². The number of rotatable bonds is 2. The number of nitrogens with zero attached hydrogens (tertiary/aromatic N) is 1. The summed E-state index contributed by atoms with van der Waals surface area (Å²) in [5.74, 6) is 1.29. The molecule has 1 amide bonds. The Hall–Kier alpha value is -0.840. The highest BCUT2D eigenvalue weighted by atomic mass is 35.5. The van der Waals surface area contributed by atoms with E-state index in [0.29, 0.717) is 32.8 Å². The van der Waals surface area contributed by atoms with E-state index in [1.165, 1.54) is 24.2 Å². The highest BCUT2D eigenvalue weighted by molar-refractivity contribution is 7.21. The van der Waals surface area contributed by atoms with E-state index in [2.05, 4.69) is 10.3 Å². The van der Waals surface area contributed by atoms with Gasteiger partial charge in [0, 0.05) is 11.4 Å². The lowest BCUT2D eigenvalue weighted by Gasteiger charge is -2.58. The van der Waals surface area contributed by atoms with Crippen molar-refractivity contribution in [3.8, 4) is 0 Å². The number of aromatic nitrogens is 1. The Kier molecular flexibility index (Phi) is 3.01. The maximum Gasteiger partial charge on any atom is 0.263 e. The van der Waals surface area contributed by atoms with Gasteiger partial charge in [-0.25, -0.2) is 4.98 Å². The summed E-state index contributed by atoms with van der Waals surface area (Å²) in [6, 6.07) is 0.359. The number of aryl methyl sites for hydroxylation is 2. The van der Waals surface area contributed by atoms with Crippen LogP contribution in [0.25, 0.3) is 10.2 Å². The predicted octanol–water partition coefficient (Wildman–Crippen LogP) is 4.36. The van der Waals surface area contributed by atoms with Crippen molar-refractivity contribution >= 4 is 50.7 Å². The molecule has 0 spiro atoms. The molecular formula is C15H14Cl2N2OS. The molecule has 0 atom stereocenters. The zero-order valence-corrected chi connectivity index (χ0v) is 14.0. The van der Waals surface area contributed by atoms with E-state index < -0.39 is 0 Å². The molecule has 3 nitrogen and oxygen atoms in total. The van der Waals surface area contributed by atoms with Crippen LogP contribution in [0.4, 0.5) is 0 Å². The second-order valence-corrected chi connectivity index (χ2v) is 7.81. The normalized spacial score (nSPS) is 26.4. The molecule has 2 aromatic heterocycles. The Balaban J connectivity index is 1.73. The highest BCUT2D eigenvalue weighted by Crippen LogP contribution is 2.53. The Morgan fingerprint density at radius 1 is 1.24 bits per heavy atom. The number of thiophene rings is 1. The van der Waals surface area contributed by atoms with Crippen LogP contribution in [0, 0.1) is 25.7 Å². The maximum absolute atomic E-state index is 12.4. The third-order valence-corrected chi connectivity index (χ3v) is 6.98. The molecule has 0 radical (unpaired) electrons. The molecule has 2 bridgehead atoms. The number of hydrogen-bond acceptors (Lipinski definition) is 3. The van der Waals surface area contributed by atoms with Crippen molar-refractivity contribution in [3.63, 3.8) is 0 Å². The standard InChI is InChI=1S/C15H14Cl2N2OS/c1-5-9-11(17)13(21-15(9)18-6(2)10(5)16)14(20)19-12-7-3-8(12)4-7/h7-8,12H,3-4H2,1-2H3,(H,19,20)/t7-,8+,12?. The number of carbonyl (C=O) groups excluding carboxylic acids is 1. The van der Waals surface area contributed by atoms with Crippen molar-refractivity contribution in [2.75, 3.05) is 0 Å². The first kappa shape index (κ1) is 13.8. The summed E-state index contributed by atoms with van der Waals surface area (Å²) < 4.78 is 0. The number of carbonyl (C=O) groups is 1. The molecule has 0 unspecified atom stereocenters. The molecule has 2 aromatic rings. The summed E-state index contributed by atoms with van der Waals surface area (Å²) in [6.45, 7) is 3.78. The Morgan fingerprint density at radius 3 is 2.48 bits per heavy atom. The zero-order chi connectivity index (χ0) is 14.9. The number of hydrogen-bond donors (Lipinski definition) is 1. The molecular weight excluding hydrogens is 327 g/mol. The van der Waals surface area contributed by atoms with Crippen molar-refractivity contribution in [1.29, 1.82) is 0 Å². The van der Waals surface area contributed by atoms with Crippen LogP contribution in [0.5, 0.6) is 0 Å². The van der Waals surface area contributed by atoms with Crippen LogP contribution in [0.2, 0.25) is 10.0 Å². The van der Waals surface area contributed by atoms with Gasteiger partial charge in [-0.2, -0.15) is 0 Å². The molecule has 0 aromatic carbocycles. The largest absolute Gasteiger partial charge is 0.348 e. The predicted molar refractivity (Wildman–Crippen MR) is 86.6 cm³/mol. The number of fused-ring (bicyclic) bond motifs is 1. The third-order valence-electron chi connectivity index (χ3n) is 4.85. The van der Waals surface area contributed by atoms with Crippen molar-refractivity contribution in [1.82, 2.24) is 10.3 Å². The van der Waals surface area contributed by atoms with Crippen molar-refractivity contribution in [3.05, 3.63) is 26.2 Å². The van der Waals surface area contributed by atoms with E-state index in [4.69, 9.17) is 23.2 Å². The molecule has 0 saturated heterocycles. The van der Waals surface area contributed by atoms with Crippen LogP contribution in [-0.2, 0) is 0 Å². The zero-order valence-electron chi connectivity index (χ0n) is 11.7. The second kappa shape index (κ2) is 4.58. The minimum absolute atomic E-state index is 0.0735. The van der Waals surface area contributed by atoms with E-state index >= 15 is 0 Å². The first-order valence-corrected chi connectivity index (χ1v) is 8.60. The van der Waals surface area contributed by atoms with Crippen LogP contribution >= 0.6 is 34.5 Å². The summed E-state index contributed by atoms with van der Waals surface area (Å²) in [6.07, 6.45) is 2.53. The molecule has 6 heteroatoms. The topological polar surface area (TPSA) is 42.0 Å². The smallest absolute Gasteiger partial charge is 0.263 e. The first-order chi connectivity index (χ1) is 9.97. The fraction of sp³-hybridized carbons (Fsp3) is 0.467. The SMILES string of the molecule is Cc1nc2sc(C(=O)NC3[C@H]4C[C@@H]3C4)c(Cl)c2c(C)c1Cl. The van der Waals surface area contributed by atoms with Gasteiger partial charge in [-0.3, -0.25) is 4.79 Å². The third kappa shape index (κ3) is 1.85. The number of halogens is 2. The fourth-order valence-corrected chi connectivity index (χ4v) is 4.98. The van der Waals surface area contributed by atoms with Crippen LogP contribution in [0.1, 0.15) is 33.8 Å². The number of pyridine rings is 1. The van der Waals surface area contributed by atoms with Crippen molar-refractivity contribution < 1.29 is 4.79 Å². The number of amides is 1. The Morgan fingerprint density at radius 2 is 1.90 bits per heavy atom. The van der Waals surface area contributed by atoms with E-state index in [1.807, 2.05) is 13.8 Å². The minimum Gasteiger partial charge on any atom is -0.348 e. The van der Waals surface area contributed by atoms with Crippen molar-refractivity contribution in [2.24, 2.45) is 11.8 Å². The molecule has 3 aliphatic rings. The van der Waals surface area contributed by atoms with Crippen molar-refractivity contribution in [2.45, 2.75) is 32.7 Å². The maximum atomic E-state index is 12.4. The lowest BCUT2D eigenvalue weighted by molar-refractivity contribution is -0.0366. The van der Waals surface area contributed by atoms with Gasteiger partial charge >= 0.3 is 0 Å². The minimum atomic E-state index is -0.0735. The van der Waals surface area contributed by atoms with E-state index in [9.17, 15) is 4.79 Å². The first-order valence-electron chi connectivity index (χ1n) is 7.03. The Labute approximate surface area is 136 Å². The van der Waals surface area contributed by atoms with Gasteiger partial charge < -0.3 is 5.32 Å². The molecule has 3 saturated carbocycles. The molecule has 3 fully saturated rings. The molecule has 2 heterocycles. The van der Waals surface area contributed by atoms with Crippen LogP contribution < -0.4 is 5.32 Å². The highest BCUT2D eigenvalue weighted by Gasteiger charge is 2.53. The lowest BCUT2D eigenvalue weighted by atomic mass is 9.52. The van der Waals surface area contributed by atoms with Gasteiger partial charge in [-0.1, -0.05) is 23.2 Å². The van der Waals surface area contributed by atoms with Gasteiger partial charge in [0.1, 0.15) is 9.71 Å². The molecule has 0 aliphatic heterocycles. The van der Waals surface area contributed by atoms with Gasteiger partial charge in [-0.05, 0) is 44.1 Å². The lowest BCUT2D eigenvalue weighted by Crippen LogP contribution is -2.63. The molecule has 5 rings (SSSR count). The summed E-state index contributed by atoms with van der Waals surface area (Å²) in [5, 5.41) is 5.01. The molecule has 1 N–H and O–H groups in total. The van der Waals surface area contributed by atoms with Gasteiger partial charge in [0.25, 0.3) is 5.91 Å². The van der Waals surface area contributed by atoms with E-state index in [0.717, 1.165) is 21.5 Å². The summed E-state index contributed by atoms with van der Waals surface area (Å²) in [7, 11) is 0. The Bertz CT molecular complexity index is 772. The van der Waals surface area contributed by atoms with E-state index in [-0.39, 0.29) is 5.91 Å². The summed E-state index contributed by atoms with van der Waals surface area (Å²) in [5.41, 5.74) is 1.66. The van der Waals surface area contributed by atoms with Gasteiger partial charge in [0.15, 0.2) is 0 Å². The van der Waals surface area contributed by atoms with Crippen LogP contribution in [0.15, 0.2) is 0 Å². The summed E-state index contributed by atoms with van der Waals surface area (Å²) in [4.78, 5) is 18.2. The van der Waals surface area contributed by atoms with Gasteiger partial charge in [0.05, 0.1) is 15.7 Å². The van der Waals surface area contributed by atoms with E-state index in [1.54, 1.807) is 0 Å². The van der Waals surface area contributed by atoms with Gasteiger partial charge in [-0.15, -0.1) is 11.3 Å². The van der Waals surface area contributed by atoms with Crippen LogP contribution in [0.3, 0.4) is 0 Å². The second-order valence-electron chi connectivity index (χ2n) is 6.05. The molecule has 21 heavy (non-hydrogen) atoms. The molecule has 110 valence electrons. The average Bonchev–Trinajstić information content (AvgIpc) is 2.67. The fourth-order valence-electron chi connectivity index (χ4n) is 3.27. The monoisotopic (exact) mass is 340 g/mol. The summed E-state index contributed by atoms with van der Waals surface area (Å²) >= 11 is 14.0. The molecule has 3 aliphatic carbocycles. The van der Waals surface area contributed by atoms with Gasteiger partial charge in [0.2, 0.25) is 0 Å².